The number of aromatic nitrogens is 1. The predicted octanol–water partition coefficient (Wildman–Crippen LogP) is 3.67. The highest BCUT2D eigenvalue weighted by atomic mass is 32.2. The van der Waals surface area contributed by atoms with Crippen LogP contribution in [-0.2, 0) is 14.8 Å². The lowest BCUT2D eigenvalue weighted by atomic mass is 9.99. The first-order valence-electron chi connectivity index (χ1n) is 10.4. The zero-order chi connectivity index (χ0) is 21.8. The zero-order valence-corrected chi connectivity index (χ0v) is 18.1. The van der Waals surface area contributed by atoms with Gasteiger partial charge in [-0.25, -0.2) is 8.42 Å². The molecule has 1 N–H and O–H groups in total. The maximum Gasteiger partial charge on any atom is 0.245 e. The largest absolute Gasteiger partial charge is 0.494 e. The molecule has 1 atom stereocenters. The molecule has 1 amide bonds. The molecule has 0 saturated carbocycles. The molecule has 8 heteroatoms. The van der Waals surface area contributed by atoms with Gasteiger partial charge in [-0.15, -0.1) is 0 Å². The summed E-state index contributed by atoms with van der Waals surface area (Å²) in [6.45, 7) is 3.02. The molecule has 2 heterocycles. The molecule has 4 rings (SSSR count). The van der Waals surface area contributed by atoms with Gasteiger partial charge < -0.3 is 10.1 Å². The van der Waals surface area contributed by atoms with Gasteiger partial charge in [0, 0.05) is 30.4 Å². The molecular formula is C23H25N3O4S. The summed E-state index contributed by atoms with van der Waals surface area (Å²) in [5.41, 5.74) is 1.11. The summed E-state index contributed by atoms with van der Waals surface area (Å²) < 4.78 is 33.6. The molecule has 0 radical (unpaired) electrons. The first-order valence-corrected chi connectivity index (χ1v) is 11.8. The number of nitrogens with zero attached hydrogens (tertiary/aromatic N) is 2. The molecule has 1 aliphatic rings. The van der Waals surface area contributed by atoms with Crippen LogP contribution in [0.1, 0.15) is 19.8 Å². The van der Waals surface area contributed by atoms with Crippen LogP contribution in [0, 0.1) is 5.92 Å². The molecule has 3 aromatic rings. The maximum absolute atomic E-state index is 13.4. The van der Waals surface area contributed by atoms with Gasteiger partial charge in [0.15, 0.2) is 0 Å². The van der Waals surface area contributed by atoms with E-state index in [2.05, 4.69) is 10.3 Å². The van der Waals surface area contributed by atoms with Crippen LogP contribution in [0.3, 0.4) is 0 Å². The molecule has 1 aliphatic heterocycles. The molecule has 1 aromatic heterocycles. The molecule has 1 fully saturated rings. The minimum absolute atomic E-state index is 0.147. The summed E-state index contributed by atoms with van der Waals surface area (Å²) in [7, 11) is -3.77. The van der Waals surface area contributed by atoms with Crippen molar-refractivity contribution in [1.82, 2.24) is 9.29 Å². The van der Waals surface area contributed by atoms with Crippen molar-refractivity contribution in [3.63, 3.8) is 0 Å². The van der Waals surface area contributed by atoms with Crippen molar-refractivity contribution in [2.24, 2.45) is 5.92 Å². The van der Waals surface area contributed by atoms with Crippen molar-refractivity contribution in [3.05, 3.63) is 60.8 Å². The Labute approximate surface area is 182 Å². The van der Waals surface area contributed by atoms with Gasteiger partial charge in [0.05, 0.1) is 18.0 Å². The van der Waals surface area contributed by atoms with Gasteiger partial charge in [0.25, 0.3) is 0 Å². The Morgan fingerprint density at radius 2 is 1.94 bits per heavy atom. The summed E-state index contributed by atoms with van der Waals surface area (Å²) in [4.78, 5) is 17.3. The first kappa shape index (κ1) is 21.3. The Balaban J connectivity index is 1.50. The smallest absolute Gasteiger partial charge is 0.245 e. The quantitative estimate of drug-likeness (QED) is 0.633. The van der Waals surface area contributed by atoms with Gasteiger partial charge >= 0.3 is 0 Å². The fraction of sp³-hybridized carbons (Fsp3) is 0.304. The highest BCUT2D eigenvalue weighted by Gasteiger charge is 2.34. The Bertz CT molecular complexity index is 1170. The molecule has 0 bridgehead atoms. The molecular weight excluding hydrogens is 414 g/mol. The van der Waals surface area contributed by atoms with E-state index in [1.165, 1.54) is 4.31 Å². The predicted molar refractivity (Wildman–Crippen MR) is 119 cm³/mol. The Kier molecular flexibility index (Phi) is 6.20. The van der Waals surface area contributed by atoms with Crippen LogP contribution in [0.5, 0.6) is 5.75 Å². The molecule has 0 unspecified atom stereocenters. The van der Waals surface area contributed by atoms with E-state index in [0.29, 0.717) is 37.2 Å². The number of carbonyl (C=O) groups excluding carboxylic acids is 1. The van der Waals surface area contributed by atoms with Gasteiger partial charge in [-0.1, -0.05) is 18.2 Å². The number of carbonyl (C=O) groups is 1. The van der Waals surface area contributed by atoms with Crippen LogP contribution in [0.15, 0.2) is 65.7 Å². The van der Waals surface area contributed by atoms with Crippen LogP contribution in [0.25, 0.3) is 10.9 Å². The number of nitrogens with one attached hydrogen (secondary N) is 1. The highest BCUT2D eigenvalue weighted by Crippen LogP contribution is 2.28. The summed E-state index contributed by atoms with van der Waals surface area (Å²) in [5.74, 6) is 0.136. The van der Waals surface area contributed by atoms with Crippen molar-refractivity contribution >= 4 is 32.5 Å². The number of piperidine rings is 1. The third-order valence-electron chi connectivity index (χ3n) is 5.40. The topological polar surface area (TPSA) is 88.6 Å². The van der Waals surface area contributed by atoms with Gasteiger partial charge in [-0.05, 0) is 56.2 Å². The number of benzene rings is 2. The standard InChI is InChI=1S/C23H25N3O4S/c1-2-30-20-12-10-19(11-13-20)25-23(27)18-8-5-15-26(16-18)31(28,29)21-9-3-6-17-7-4-14-24-22(17)21/h3-4,6-7,9-14,18H,2,5,8,15-16H2,1H3,(H,25,27)/t18-/m0/s1. The Morgan fingerprint density at radius 3 is 2.71 bits per heavy atom. The van der Waals surface area contributed by atoms with Crippen molar-refractivity contribution in [1.29, 1.82) is 0 Å². The second kappa shape index (κ2) is 9.03. The first-order chi connectivity index (χ1) is 15.0. The molecule has 162 valence electrons. The maximum atomic E-state index is 13.4. The van der Waals surface area contributed by atoms with Gasteiger partial charge in [-0.3, -0.25) is 9.78 Å². The summed E-state index contributed by atoms with van der Waals surface area (Å²) in [6.07, 6.45) is 2.85. The minimum Gasteiger partial charge on any atom is -0.494 e. The van der Waals surface area contributed by atoms with E-state index in [-0.39, 0.29) is 17.3 Å². The lowest BCUT2D eigenvalue weighted by Crippen LogP contribution is -2.43. The van der Waals surface area contributed by atoms with E-state index in [4.69, 9.17) is 4.74 Å². The number of pyridine rings is 1. The number of para-hydroxylation sites is 1. The second-order valence-electron chi connectivity index (χ2n) is 7.48. The monoisotopic (exact) mass is 439 g/mol. The molecule has 7 nitrogen and oxygen atoms in total. The fourth-order valence-electron chi connectivity index (χ4n) is 3.84. The number of hydrogen-bond donors (Lipinski definition) is 1. The number of sulfonamides is 1. The average Bonchev–Trinajstić information content (AvgIpc) is 2.80. The van der Waals surface area contributed by atoms with Gasteiger partial charge in [-0.2, -0.15) is 4.31 Å². The van der Waals surface area contributed by atoms with E-state index >= 15 is 0 Å². The number of hydrogen-bond acceptors (Lipinski definition) is 5. The van der Waals surface area contributed by atoms with E-state index in [9.17, 15) is 13.2 Å². The SMILES string of the molecule is CCOc1ccc(NC(=O)[C@H]2CCCN(S(=O)(=O)c3cccc4cccnc34)C2)cc1. The number of rotatable bonds is 6. The fourth-order valence-corrected chi connectivity index (χ4v) is 5.53. The van der Waals surface area contributed by atoms with E-state index < -0.39 is 15.9 Å². The lowest BCUT2D eigenvalue weighted by Gasteiger charge is -2.31. The van der Waals surface area contributed by atoms with Crippen LogP contribution in [0.4, 0.5) is 5.69 Å². The number of amides is 1. The van der Waals surface area contributed by atoms with Crippen LogP contribution in [0.2, 0.25) is 0 Å². The number of anilines is 1. The summed E-state index contributed by atoms with van der Waals surface area (Å²) >= 11 is 0. The Hall–Kier alpha value is -2.97. The van der Waals surface area contributed by atoms with Crippen molar-refractivity contribution in [2.75, 3.05) is 25.0 Å². The van der Waals surface area contributed by atoms with Crippen molar-refractivity contribution in [2.45, 2.75) is 24.7 Å². The highest BCUT2D eigenvalue weighted by molar-refractivity contribution is 7.89. The number of fused-ring (bicyclic) bond motifs is 1. The lowest BCUT2D eigenvalue weighted by molar-refractivity contribution is -0.120. The zero-order valence-electron chi connectivity index (χ0n) is 17.3. The van der Waals surface area contributed by atoms with Gasteiger partial charge in [0.1, 0.15) is 10.6 Å². The Morgan fingerprint density at radius 1 is 1.16 bits per heavy atom. The van der Waals surface area contributed by atoms with Crippen LogP contribution < -0.4 is 10.1 Å². The summed E-state index contributed by atoms with van der Waals surface area (Å²) in [6, 6.07) is 15.9. The molecule has 1 saturated heterocycles. The molecule has 31 heavy (non-hydrogen) atoms. The molecule has 2 aromatic carbocycles. The third-order valence-corrected chi connectivity index (χ3v) is 7.30. The molecule has 0 spiro atoms. The van der Waals surface area contributed by atoms with E-state index in [1.54, 1.807) is 48.7 Å². The number of ether oxygens (including phenoxy) is 1. The van der Waals surface area contributed by atoms with Crippen LogP contribution in [-0.4, -0.2) is 43.3 Å². The van der Waals surface area contributed by atoms with E-state index in [1.807, 2.05) is 19.1 Å². The second-order valence-corrected chi connectivity index (χ2v) is 9.39. The van der Waals surface area contributed by atoms with Crippen LogP contribution >= 0.6 is 0 Å². The van der Waals surface area contributed by atoms with E-state index in [0.717, 1.165) is 11.1 Å². The minimum atomic E-state index is -3.77. The average molecular weight is 440 g/mol. The molecule has 0 aliphatic carbocycles. The summed E-state index contributed by atoms with van der Waals surface area (Å²) in [5, 5.41) is 3.66. The van der Waals surface area contributed by atoms with Crippen molar-refractivity contribution in [3.8, 4) is 5.75 Å². The van der Waals surface area contributed by atoms with Gasteiger partial charge in [0.2, 0.25) is 15.9 Å². The normalized spacial score (nSPS) is 17.4. The van der Waals surface area contributed by atoms with Crippen molar-refractivity contribution < 1.29 is 17.9 Å². The third kappa shape index (κ3) is 4.55.